The molecule has 106 valence electrons. The number of aryl methyl sites for hydroxylation is 1. The molecule has 0 aliphatic rings. The Labute approximate surface area is 115 Å². The van der Waals surface area contributed by atoms with E-state index in [1.165, 1.54) is 17.1 Å². The number of nitrogens with zero attached hydrogens (tertiary/aromatic N) is 4. The predicted molar refractivity (Wildman–Crippen MR) is 69.0 cm³/mol. The van der Waals surface area contributed by atoms with E-state index < -0.39 is 5.97 Å². The second kappa shape index (κ2) is 5.55. The van der Waals surface area contributed by atoms with Crippen molar-refractivity contribution in [2.45, 2.75) is 20.0 Å². The van der Waals surface area contributed by atoms with Gasteiger partial charge >= 0.3 is 5.97 Å². The van der Waals surface area contributed by atoms with Crippen molar-refractivity contribution in [1.82, 2.24) is 24.9 Å². The first-order valence-corrected chi connectivity index (χ1v) is 5.97. The first-order valence-electron chi connectivity index (χ1n) is 5.97. The molecule has 8 nitrogen and oxygen atoms in total. The van der Waals surface area contributed by atoms with Crippen molar-refractivity contribution >= 4 is 11.9 Å². The number of rotatable bonds is 5. The molecule has 0 radical (unpaired) electrons. The van der Waals surface area contributed by atoms with Gasteiger partial charge in [-0.15, -0.1) is 0 Å². The Hall–Kier alpha value is -2.64. The van der Waals surface area contributed by atoms with Crippen LogP contribution in [0, 0.1) is 6.92 Å². The average Bonchev–Trinajstić information content (AvgIpc) is 2.97. The Morgan fingerprint density at radius 3 is 2.65 bits per heavy atom. The molecule has 2 rings (SSSR count). The fraction of sp³-hybridized carbons (Fsp3) is 0.333. The number of carboxylic acids is 1. The molecule has 0 aromatic carbocycles. The molecule has 0 aliphatic carbocycles. The van der Waals surface area contributed by atoms with E-state index in [4.69, 9.17) is 5.11 Å². The number of nitrogens with one attached hydrogen (secondary N) is 1. The standard InChI is InChI=1S/C12H15N5O3/c1-8-9(4-14-16(8)2)3-13-11(18)7-17-6-10(5-15-17)12(19)20/h4-6H,3,7H2,1-2H3,(H,13,18)(H,19,20). The summed E-state index contributed by atoms with van der Waals surface area (Å²) in [6, 6.07) is 0. The van der Waals surface area contributed by atoms with Crippen LogP contribution in [0.3, 0.4) is 0 Å². The van der Waals surface area contributed by atoms with Gasteiger partial charge in [-0.3, -0.25) is 14.2 Å². The minimum atomic E-state index is -1.07. The molecule has 2 aromatic rings. The minimum absolute atomic E-state index is 0.0212. The molecule has 0 aliphatic heterocycles. The Bertz CT molecular complexity index is 643. The minimum Gasteiger partial charge on any atom is -0.478 e. The van der Waals surface area contributed by atoms with Crippen molar-refractivity contribution in [2.24, 2.45) is 7.05 Å². The van der Waals surface area contributed by atoms with Crippen molar-refractivity contribution in [3.63, 3.8) is 0 Å². The van der Waals surface area contributed by atoms with E-state index in [-0.39, 0.29) is 18.0 Å². The van der Waals surface area contributed by atoms with Crippen molar-refractivity contribution in [3.8, 4) is 0 Å². The summed E-state index contributed by atoms with van der Waals surface area (Å²) < 4.78 is 3.02. The van der Waals surface area contributed by atoms with E-state index in [2.05, 4.69) is 15.5 Å². The smallest absolute Gasteiger partial charge is 0.338 e. The molecule has 0 saturated carbocycles. The number of aromatic nitrogens is 4. The summed E-state index contributed by atoms with van der Waals surface area (Å²) in [5, 5.41) is 19.4. The van der Waals surface area contributed by atoms with Gasteiger partial charge in [0.05, 0.1) is 18.0 Å². The fourth-order valence-electron chi connectivity index (χ4n) is 1.68. The van der Waals surface area contributed by atoms with Crippen LogP contribution < -0.4 is 5.32 Å². The maximum absolute atomic E-state index is 11.7. The monoisotopic (exact) mass is 277 g/mol. The Balaban J connectivity index is 1.89. The van der Waals surface area contributed by atoms with Crippen LogP contribution in [-0.4, -0.2) is 36.5 Å². The molecule has 0 fully saturated rings. The zero-order valence-corrected chi connectivity index (χ0v) is 11.2. The van der Waals surface area contributed by atoms with Gasteiger partial charge in [0.25, 0.3) is 0 Å². The van der Waals surface area contributed by atoms with Crippen molar-refractivity contribution < 1.29 is 14.7 Å². The van der Waals surface area contributed by atoms with Crippen LogP contribution in [0.15, 0.2) is 18.6 Å². The zero-order valence-electron chi connectivity index (χ0n) is 11.2. The molecule has 8 heteroatoms. The van der Waals surface area contributed by atoms with Crippen LogP contribution in [0.5, 0.6) is 0 Å². The molecule has 0 unspecified atom stereocenters. The highest BCUT2D eigenvalue weighted by Gasteiger charge is 2.10. The number of hydrogen-bond acceptors (Lipinski definition) is 4. The van der Waals surface area contributed by atoms with Crippen molar-refractivity contribution in [1.29, 1.82) is 0 Å². The highest BCUT2D eigenvalue weighted by molar-refractivity contribution is 5.87. The van der Waals surface area contributed by atoms with Crippen LogP contribution in [0.1, 0.15) is 21.6 Å². The number of carbonyl (C=O) groups excluding carboxylic acids is 1. The first kappa shape index (κ1) is 13.8. The summed E-state index contributed by atoms with van der Waals surface area (Å²) in [5.74, 6) is -1.31. The van der Waals surface area contributed by atoms with Gasteiger partial charge in [0, 0.05) is 31.0 Å². The Morgan fingerprint density at radius 2 is 2.10 bits per heavy atom. The first-order chi connectivity index (χ1) is 9.47. The van der Waals surface area contributed by atoms with E-state index in [0.29, 0.717) is 6.54 Å². The van der Waals surface area contributed by atoms with E-state index >= 15 is 0 Å². The Kier molecular flexibility index (Phi) is 3.83. The van der Waals surface area contributed by atoms with Gasteiger partial charge < -0.3 is 10.4 Å². The van der Waals surface area contributed by atoms with Gasteiger partial charge in [0.15, 0.2) is 0 Å². The lowest BCUT2D eigenvalue weighted by molar-refractivity contribution is -0.122. The van der Waals surface area contributed by atoms with Gasteiger partial charge in [-0.1, -0.05) is 0 Å². The number of carbonyl (C=O) groups is 2. The average molecular weight is 277 g/mol. The molecule has 20 heavy (non-hydrogen) atoms. The van der Waals surface area contributed by atoms with Gasteiger partial charge in [-0.25, -0.2) is 4.79 Å². The maximum Gasteiger partial charge on any atom is 0.338 e. The van der Waals surface area contributed by atoms with Crippen molar-refractivity contribution in [3.05, 3.63) is 35.4 Å². The normalized spacial score (nSPS) is 10.5. The molecule has 0 atom stereocenters. The molecule has 2 aromatic heterocycles. The van der Waals surface area contributed by atoms with Gasteiger partial charge in [-0.05, 0) is 6.92 Å². The van der Waals surface area contributed by atoms with Crippen LogP contribution in [-0.2, 0) is 24.9 Å². The van der Waals surface area contributed by atoms with Gasteiger partial charge in [0.1, 0.15) is 6.54 Å². The number of amides is 1. The van der Waals surface area contributed by atoms with E-state index in [1.807, 2.05) is 14.0 Å². The molecule has 2 N–H and O–H groups in total. The fourth-order valence-corrected chi connectivity index (χ4v) is 1.68. The van der Waals surface area contributed by atoms with Crippen LogP contribution in [0.4, 0.5) is 0 Å². The molecule has 0 bridgehead atoms. The highest BCUT2D eigenvalue weighted by Crippen LogP contribution is 2.04. The molecular formula is C12H15N5O3. The largest absolute Gasteiger partial charge is 0.478 e. The lowest BCUT2D eigenvalue weighted by Crippen LogP contribution is -2.27. The van der Waals surface area contributed by atoms with E-state index in [1.54, 1.807) is 10.9 Å². The quantitative estimate of drug-likeness (QED) is 0.797. The maximum atomic E-state index is 11.7. The lowest BCUT2D eigenvalue weighted by Gasteiger charge is -2.05. The number of carboxylic acid groups (broad SMARTS) is 1. The van der Waals surface area contributed by atoms with Crippen LogP contribution >= 0.6 is 0 Å². The van der Waals surface area contributed by atoms with E-state index in [9.17, 15) is 9.59 Å². The van der Waals surface area contributed by atoms with Crippen molar-refractivity contribution in [2.75, 3.05) is 0 Å². The zero-order chi connectivity index (χ0) is 14.7. The number of aromatic carboxylic acids is 1. The summed E-state index contributed by atoms with van der Waals surface area (Å²) in [6.45, 7) is 2.28. The third-order valence-corrected chi connectivity index (χ3v) is 3.00. The van der Waals surface area contributed by atoms with Gasteiger partial charge in [-0.2, -0.15) is 10.2 Å². The summed E-state index contributed by atoms with van der Waals surface area (Å²) in [7, 11) is 1.83. The molecule has 1 amide bonds. The second-order valence-electron chi connectivity index (χ2n) is 4.39. The third kappa shape index (κ3) is 3.02. The topological polar surface area (TPSA) is 102 Å². The SMILES string of the molecule is Cc1c(CNC(=O)Cn2cc(C(=O)O)cn2)cnn1C. The summed E-state index contributed by atoms with van der Waals surface area (Å²) in [4.78, 5) is 22.4. The summed E-state index contributed by atoms with van der Waals surface area (Å²) in [5.41, 5.74) is 1.98. The van der Waals surface area contributed by atoms with Gasteiger partial charge in [0.2, 0.25) is 5.91 Å². The predicted octanol–water partition coefficient (Wildman–Crippen LogP) is -0.0604. The summed E-state index contributed by atoms with van der Waals surface area (Å²) >= 11 is 0. The molecular weight excluding hydrogens is 262 g/mol. The summed E-state index contributed by atoms with van der Waals surface area (Å²) in [6.07, 6.45) is 4.23. The van der Waals surface area contributed by atoms with Crippen LogP contribution in [0.25, 0.3) is 0 Å². The lowest BCUT2D eigenvalue weighted by atomic mass is 10.2. The van der Waals surface area contributed by atoms with Crippen LogP contribution in [0.2, 0.25) is 0 Å². The molecule has 2 heterocycles. The number of hydrogen-bond donors (Lipinski definition) is 2. The second-order valence-corrected chi connectivity index (χ2v) is 4.39. The Morgan fingerprint density at radius 1 is 1.35 bits per heavy atom. The molecule has 0 spiro atoms. The molecule has 0 saturated heterocycles. The van der Waals surface area contributed by atoms with E-state index in [0.717, 1.165) is 11.3 Å². The highest BCUT2D eigenvalue weighted by atomic mass is 16.4. The third-order valence-electron chi connectivity index (χ3n) is 3.00.